The minimum absolute atomic E-state index is 0.106. The number of carbonyl (C=O) groups is 3. The first-order chi connectivity index (χ1) is 19.5. The number of alkyl halides is 2. The number of halogens is 3. The van der Waals surface area contributed by atoms with E-state index in [9.17, 15) is 28.4 Å². The molecule has 4 fully saturated rings. The maximum Gasteiger partial charge on any atom is 0.407 e. The molecule has 1 aromatic rings. The van der Waals surface area contributed by atoms with Crippen LogP contribution in [0.4, 0.5) is 13.6 Å². The molecular formula is C30H37ClF2N4O4. The first kappa shape index (κ1) is 29.6. The Morgan fingerprint density at radius 1 is 1.12 bits per heavy atom. The molecule has 3 aliphatic carbocycles. The predicted molar refractivity (Wildman–Crippen MR) is 147 cm³/mol. The van der Waals surface area contributed by atoms with Crippen molar-refractivity contribution in [2.24, 2.45) is 17.3 Å². The van der Waals surface area contributed by atoms with Crippen LogP contribution in [-0.2, 0) is 20.7 Å². The highest BCUT2D eigenvalue weighted by Gasteiger charge is 2.52. The van der Waals surface area contributed by atoms with Crippen molar-refractivity contribution in [3.63, 3.8) is 0 Å². The molecule has 1 aliphatic heterocycles. The van der Waals surface area contributed by atoms with Gasteiger partial charge in [0.2, 0.25) is 17.7 Å². The lowest BCUT2D eigenvalue weighted by Crippen LogP contribution is -2.51. The van der Waals surface area contributed by atoms with Gasteiger partial charge in [-0.25, -0.2) is 13.6 Å². The molecule has 3 saturated carbocycles. The van der Waals surface area contributed by atoms with Gasteiger partial charge < -0.3 is 20.7 Å². The lowest BCUT2D eigenvalue weighted by Gasteiger charge is -2.31. The molecule has 0 bridgehead atoms. The van der Waals surface area contributed by atoms with Gasteiger partial charge in [-0.05, 0) is 87.8 Å². The molecule has 222 valence electrons. The first-order valence-corrected chi connectivity index (χ1v) is 14.9. The fraction of sp³-hybridized carbons (Fsp3) is 0.667. The molecule has 0 radical (unpaired) electrons. The van der Waals surface area contributed by atoms with Gasteiger partial charge in [-0.3, -0.25) is 9.59 Å². The molecule has 3 N–H and O–H groups in total. The molecule has 0 unspecified atom stereocenters. The molecule has 4 aliphatic rings. The van der Waals surface area contributed by atoms with Gasteiger partial charge in [0.1, 0.15) is 12.1 Å². The second kappa shape index (κ2) is 11.7. The number of hydrogen-bond acceptors (Lipinski definition) is 5. The number of benzene rings is 1. The van der Waals surface area contributed by atoms with Gasteiger partial charge in [0, 0.05) is 34.7 Å². The van der Waals surface area contributed by atoms with Crippen molar-refractivity contribution in [2.75, 3.05) is 6.61 Å². The van der Waals surface area contributed by atoms with Gasteiger partial charge in [-0.15, -0.1) is 0 Å². The first-order valence-electron chi connectivity index (χ1n) is 14.6. The fourth-order valence-corrected chi connectivity index (χ4v) is 6.49. The molecule has 8 nitrogen and oxygen atoms in total. The van der Waals surface area contributed by atoms with Crippen LogP contribution in [0.25, 0.3) is 0 Å². The van der Waals surface area contributed by atoms with E-state index in [0.717, 1.165) is 31.2 Å². The summed E-state index contributed by atoms with van der Waals surface area (Å²) in [5, 5.41) is 18.7. The Morgan fingerprint density at radius 2 is 1.85 bits per heavy atom. The van der Waals surface area contributed by atoms with E-state index in [4.69, 9.17) is 16.3 Å². The Labute approximate surface area is 243 Å². The van der Waals surface area contributed by atoms with Gasteiger partial charge in [0.15, 0.2) is 0 Å². The molecule has 5 rings (SSSR count). The highest BCUT2D eigenvalue weighted by Crippen LogP contribution is 2.49. The van der Waals surface area contributed by atoms with E-state index in [-0.39, 0.29) is 73.8 Å². The highest BCUT2D eigenvalue weighted by molar-refractivity contribution is 6.30. The van der Waals surface area contributed by atoms with Crippen molar-refractivity contribution < 1.29 is 27.9 Å². The van der Waals surface area contributed by atoms with E-state index in [0.29, 0.717) is 17.9 Å². The van der Waals surface area contributed by atoms with E-state index in [1.807, 2.05) is 18.2 Å². The number of nitrogens with one attached hydrogen (secondary N) is 3. The average Bonchev–Trinajstić information content (AvgIpc) is 3.83. The van der Waals surface area contributed by atoms with Crippen molar-refractivity contribution in [1.29, 1.82) is 5.26 Å². The van der Waals surface area contributed by atoms with Crippen LogP contribution in [0.15, 0.2) is 24.3 Å². The third-order valence-electron chi connectivity index (χ3n) is 9.19. The summed E-state index contributed by atoms with van der Waals surface area (Å²) in [6, 6.07) is 7.64. The third-order valence-corrected chi connectivity index (χ3v) is 9.43. The highest BCUT2D eigenvalue weighted by atomic mass is 35.5. The number of alkyl carbamates (subject to hydrolysis) is 1. The minimum atomic E-state index is -2.71. The van der Waals surface area contributed by atoms with Crippen molar-refractivity contribution >= 4 is 29.5 Å². The SMILES string of the molecule is N#C[C@H](C[C@H]1CC2(CC2)NC1=O)NC(=O)[C@H](CC1CCC(F)(F)CC1)NC(=O)OCC1(Cc2cccc(Cl)c2)CC1. The van der Waals surface area contributed by atoms with E-state index in [1.165, 1.54) is 0 Å². The molecule has 1 heterocycles. The quantitative estimate of drug-likeness (QED) is 0.333. The van der Waals surface area contributed by atoms with Crippen LogP contribution in [0.3, 0.4) is 0 Å². The van der Waals surface area contributed by atoms with Gasteiger partial charge in [0.05, 0.1) is 12.7 Å². The number of rotatable bonds is 11. The van der Waals surface area contributed by atoms with Gasteiger partial charge in [0.25, 0.3) is 0 Å². The normalized spacial score (nSPS) is 24.9. The van der Waals surface area contributed by atoms with Crippen LogP contribution < -0.4 is 16.0 Å². The van der Waals surface area contributed by atoms with Gasteiger partial charge in [-0.2, -0.15) is 5.26 Å². The maximum atomic E-state index is 13.7. The van der Waals surface area contributed by atoms with E-state index in [2.05, 4.69) is 22.0 Å². The van der Waals surface area contributed by atoms with Crippen LogP contribution in [0, 0.1) is 28.6 Å². The second-order valence-corrected chi connectivity index (χ2v) is 13.1. The summed E-state index contributed by atoms with van der Waals surface area (Å²) in [5.41, 5.74) is 0.729. The van der Waals surface area contributed by atoms with Crippen LogP contribution in [0.1, 0.15) is 76.2 Å². The topological polar surface area (TPSA) is 120 Å². The van der Waals surface area contributed by atoms with Crippen molar-refractivity contribution in [1.82, 2.24) is 16.0 Å². The Bertz CT molecular complexity index is 1200. The second-order valence-electron chi connectivity index (χ2n) is 12.7. The lowest BCUT2D eigenvalue weighted by atomic mass is 9.82. The largest absolute Gasteiger partial charge is 0.449 e. The molecule has 3 amide bonds. The zero-order chi connectivity index (χ0) is 29.3. The molecular weight excluding hydrogens is 554 g/mol. The van der Waals surface area contributed by atoms with E-state index < -0.39 is 30.0 Å². The number of nitrogens with zero attached hydrogens (tertiary/aromatic N) is 1. The number of ether oxygens (including phenoxy) is 1. The Hall–Kier alpha value is -2.93. The third kappa shape index (κ3) is 7.88. The van der Waals surface area contributed by atoms with E-state index >= 15 is 0 Å². The Balaban J connectivity index is 1.18. The van der Waals surface area contributed by atoms with Crippen LogP contribution >= 0.6 is 11.6 Å². The molecule has 3 atom stereocenters. The zero-order valence-corrected chi connectivity index (χ0v) is 23.8. The number of carbonyl (C=O) groups excluding carboxylic acids is 3. The number of hydrogen-bond donors (Lipinski definition) is 3. The average molecular weight is 591 g/mol. The summed E-state index contributed by atoms with van der Waals surface area (Å²) in [5.74, 6) is -3.95. The zero-order valence-electron chi connectivity index (χ0n) is 23.0. The Morgan fingerprint density at radius 3 is 2.46 bits per heavy atom. The van der Waals surface area contributed by atoms with Crippen molar-refractivity contribution in [3.8, 4) is 6.07 Å². The number of nitriles is 1. The molecule has 1 saturated heterocycles. The lowest BCUT2D eigenvalue weighted by molar-refractivity contribution is -0.125. The Kier molecular flexibility index (Phi) is 8.47. The van der Waals surface area contributed by atoms with Crippen LogP contribution in [0.2, 0.25) is 5.02 Å². The molecule has 11 heteroatoms. The molecule has 41 heavy (non-hydrogen) atoms. The summed E-state index contributed by atoms with van der Waals surface area (Å²) in [4.78, 5) is 38.6. The summed E-state index contributed by atoms with van der Waals surface area (Å²) >= 11 is 6.11. The predicted octanol–water partition coefficient (Wildman–Crippen LogP) is 5.04. The summed E-state index contributed by atoms with van der Waals surface area (Å²) in [7, 11) is 0. The smallest absolute Gasteiger partial charge is 0.407 e. The standard InChI is InChI=1S/C30H37ClF2N4O4/c31-22-3-1-2-20(12-22)15-28(8-9-28)18-41-27(40)36-24(13-19-4-6-30(32,33)7-5-19)26(39)35-23(17-34)14-21-16-29(10-11-29)37-25(21)38/h1-3,12,19,21,23-24H,4-11,13-16,18H2,(H,35,39)(H,36,40)(H,37,38)/t21-,23-,24-/m0/s1. The molecule has 0 aromatic heterocycles. The van der Waals surface area contributed by atoms with Gasteiger partial charge in [-0.1, -0.05) is 23.7 Å². The molecule has 1 aromatic carbocycles. The number of amides is 3. The molecule has 1 spiro atoms. The van der Waals surface area contributed by atoms with Crippen LogP contribution in [-0.4, -0.2) is 48.1 Å². The maximum absolute atomic E-state index is 13.7. The summed E-state index contributed by atoms with van der Waals surface area (Å²) < 4.78 is 33.0. The minimum Gasteiger partial charge on any atom is -0.449 e. The van der Waals surface area contributed by atoms with Crippen LogP contribution in [0.5, 0.6) is 0 Å². The van der Waals surface area contributed by atoms with Gasteiger partial charge >= 0.3 is 6.09 Å². The summed E-state index contributed by atoms with van der Waals surface area (Å²) in [6.07, 6.45) is 4.52. The summed E-state index contributed by atoms with van der Waals surface area (Å²) in [6.45, 7) is 0.175. The fourth-order valence-electron chi connectivity index (χ4n) is 6.28. The monoisotopic (exact) mass is 590 g/mol. The van der Waals surface area contributed by atoms with Crippen molar-refractivity contribution in [3.05, 3.63) is 34.9 Å². The van der Waals surface area contributed by atoms with E-state index in [1.54, 1.807) is 6.07 Å². The van der Waals surface area contributed by atoms with Crippen molar-refractivity contribution in [2.45, 2.75) is 101 Å².